The highest BCUT2D eigenvalue weighted by Gasteiger charge is 2.53. The van der Waals surface area contributed by atoms with Crippen molar-refractivity contribution in [3.05, 3.63) is 0 Å². The predicted molar refractivity (Wildman–Crippen MR) is 88.4 cm³/mol. The van der Waals surface area contributed by atoms with E-state index < -0.39 is 0 Å². The van der Waals surface area contributed by atoms with Gasteiger partial charge in [-0.15, -0.1) is 0 Å². The summed E-state index contributed by atoms with van der Waals surface area (Å²) >= 11 is 0. The molecule has 2 nitrogen and oxygen atoms in total. The SMILES string of the molecule is CCCCCN1CCN(C23CC4CC(CC(C4)C2)C3)CC1. The van der Waals surface area contributed by atoms with Crippen LogP contribution in [-0.4, -0.2) is 48.1 Å². The first kappa shape index (κ1) is 14.5. The highest BCUT2D eigenvalue weighted by molar-refractivity contribution is 5.08. The summed E-state index contributed by atoms with van der Waals surface area (Å²) in [5.41, 5.74) is 0.657. The van der Waals surface area contributed by atoms with Crippen LogP contribution in [0.2, 0.25) is 0 Å². The third kappa shape index (κ3) is 2.79. The van der Waals surface area contributed by atoms with Crippen LogP contribution >= 0.6 is 0 Å². The van der Waals surface area contributed by atoms with Gasteiger partial charge in [-0.3, -0.25) is 4.90 Å². The van der Waals surface area contributed by atoms with Crippen molar-refractivity contribution < 1.29 is 0 Å². The molecule has 2 heteroatoms. The van der Waals surface area contributed by atoms with Crippen LogP contribution in [-0.2, 0) is 0 Å². The van der Waals surface area contributed by atoms with Crippen LogP contribution in [0.3, 0.4) is 0 Å². The van der Waals surface area contributed by atoms with Gasteiger partial charge in [-0.2, -0.15) is 0 Å². The quantitative estimate of drug-likeness (QED) is 0.711. The van der Waals surface area contributed by atoms with E-state index in [4.69, 9.17) is 0 Å². The van der Waals surface area contributed by atoms with E-state index in [1.54, 1.807) is 38.5 Å². The van der Waals surface area contributed by atoms with E-state index in [1.165, 1.54) is 52.0 Å². The first-order valence-electron chi connectivity index (χ1n) is 9.75. The number of piperazine rings is 1. The van der Waals surface area contributed by atoms with Crippen molar-refractivity contribution in [1.29, 1.82) is 0 Å². The van der Waals surface area contributed by atoms with Crippen LogP contribution in [0.25, 0.3) is 0 Å². The molecule has 5 fully saturated rings. The summed E-state index contributed by atoms with van der Waals surface area (Å²) in [4.78, 5) is 5.68. The van der Waals surface area contributed by atoms with Gasteiger partial charge in [-0.25, -0.2) is 0 Å². The van der Waals surface area contributed by atoms with E-state index in [9.17, 15) is 0 Å². The van der Waals surface area contributed by atoms with E-state index in [2.05, 4.69) is 16.7 Å². The molecule has 4 saturated carbocycles. The van der Waals surface area contributed by atoms with Gasteiger partial charge in [0.05, 0.1) is 0 Å². The van der Waals surface area contributed by atoms with Gasteiger partial charge in [0, 0.05) is 31.7 Å². The summed E-state index contributed by atoms with van der Waals surface area (Å²) in [5, 5.41) is 0. The Hall–Kier alpha value is -0.0800. The number of hydrogen-bond donors (Lipinski definition) is 0. The number of rotatable bonds is 5. The maximum atomic E-state index is 2.95. The molecule has 4 bridgehead atoms. The highest BCUT2D eigenvalue weighted by atomic mass is 15.3. The molecular formula is C19H34N2. The fourth-order valence-corrected chi connectivity index (χ4v) is 6.48. The zero-order valence-electron chi connectivity index (χ0n) is 14.0. The molecular weight excluding hydrogens is 256 g/mol. The molecule has 1 heterocycles. The van der Waals surface area contributed by atoms with Crippen LogP contribution in [0.15, 0.2) is 0 Å². The molecule has 0 aromatic carbocycles. The van der Waals surface area contributed by atoms with Gasteiger partial charge >= 0.3 is 0 Å². The second kappa shape index (κ2) is 5.85. The van der Waals surface area contributed by atoms with Gasteiger partial charge in [-0.05, 0) is 69.2 Å². The molecule has 0 radical (unpaired) electrons. The summed E-state index contributed by atoms with van der Waals surface area (Å²) in [6.07, 6.45) is 13.6. The number of hydrogen-bond acceptors (Lipinski definition) is 2. The lowest BCUT2D eigenvalue weighted by molar-refractivity contribution is -0.101. The summed E-state index contributed by atoms with van der Waals surface area (Å²) in [6.45, 7) is 9.06. The molecule has 1 aliphatic heterocycles. The topological polar surface area (TPSA) is 6.48 Å². The number of nitrogens with zero attached hydrogens (tertiary/aromatic N) is 2. The Bertz CT molecular complexity index is 321. The minimum absolute atomic E-state index is 0.657. The van der Waals surface area contributed by atoms with E-state index in [-0.39, 0.29) is 0 Å². The normalized spacial score (nSPS) is 43.6. The molecule has 5 rings (SSSR count). The zero-order chi connectivity index (χ0) is 14.3. The van der Waals surface area contributed by atoms with Crippen LogP contribution < -0.4 is 0 Å². The summed E-state index contributed by atoms with van der Waals surface area (Å²) in [7, 11) is 0. The molecule has 0 spiro atoms. The van der Waals surface area contributed by atoms with Crippen LogP contribution in [0.4, 0.5) is 0 Å². The van der Waals surface area contributed by atoms with Gasteiger partial charge in [0.15, 0.2) is 0 Å². The van der Waals surface area contributed by atoms with E-state index >= 15 is 0 Å². The predicted octanol–water partition coefficient (Wildman–Crippen LogP) is 3.76. The average Bonchev–Trinajstić information content (AvgIpc) is 2.47. The molecule has 21 heavy (non-hydrogen) atoms. The summed E-state index contributed by atoms with van der Waals surface area (Å²) in [6, 6.07) is 0. The fourth-order valence-electron chi connectivity index (χ4n) is 6.48. The zero-order valence-corrected chi connectivity index (χ0v) is 14.0. The van der Waals surface area contributed by atoms with Crippen molar-refractivity contribution >= 4 is 0 Å². The van der Waals surface area contributed by atoms with Gasteiger partial charge in [0.25, 0.3) is 0 Å². The van der Waals surface area contributed by atoms with Gasteiger partial charge < -0.3 is 4.90 Å². The molecule has 0 amide bonds. The van der Waals surface area contributed by atoms with Crippen molar-refractivity contribution in [3.63, 3.8) is 0 Å². The Morgan fingerprint density at radius 3 is 1.90 bits per heavy atom. The third-order valence-corrected chi connectivity index (χ3v) is 7.13. The highest BCUT2D eigenvalue weighted by Crippen LogP contribution is 2.57. The molecule has 1 saturated heterocycles. The van der Waals surface area contributed by atoms with Crippen molar-refractivity contribution in [3.8, 4) is 0 Å². The van der Waals surface area contributed by atoms with Crippen molar-refractivity contribution in [1.82, 2.24) is 9.80 Å². The minimum Gasteiger partial charge on any atom is -0.301 e. The molecule has 0 aromatic rings. The average molecular weight is 290 g/mol. The van der Waals surface area contributed by atoms with Crippen molar-refractivity contribution in [2.24, 2.45) is 17.8 Å². The lowest BCUT2D eigenvalue weighted by Crippen LogP contribution is -2.63. The Morgan fingerprint density at radius 1 is 0.810 bits per heavy atom. The minimum atomic E-state index is 0.657. The first-order valence-corrected chi connectivity index (χ1v) is 9.75. The van der Waals surface area contributed by atoms with Gasteiger partial charge in [-0.1, -0.05) is 19.8 Å². The second-order valence-electron chi connectivity index (χ2n) is 8.68. The maximum Gasteiger partial charge on any atom is 0.0218 e. The monoisotopic (exact) mass is 290 g/mol. The van der Waals surface area contributed by atoms with E-state index in [1.807, 2.05) is 0 Å². The lowest BCUT2D eigenvalue weighted by Gasteiger charge is -2.61. The third-order valence-electron chi connectivity index (χ3n) is 7.13. The van der Waals surface area contributed by atoms with Crippen LogP contribution in [0.1, 0.15) is 64.7 Å². The molecule has 5 aliphatic rings. The van der Waals surface area contributed by atoms with Crippen LogP contribution in [0.5, 0.6) is 0 Å². The Kier molecular flexibility index (Phi) is 4.04. The molecule has 4 aliphatic carbocycles. The Balaban J connectivity index is 1.34. The fraction of sp³-hybridized carbons (Fsp3) is 1.00. The maximum absolute atomic E-state index is 2.95. The van der Waals surface area contributed by atoms with E-state index in [0.717, 1.165) is 17.8 Å². The molecule has 0 N–H and O–H groups in total. The van der Waals surface area contributed by atoms with Gasteiger partial charge in [0.1, 0.15) is 0 Å². The Morgan fingerprint density at radius 2 is 1.38 bits per heavy atom. The standard InChI is InChI=1S/C19H34N2/c1-2-3-4-5-20-6-8-21(9-7-20)19-13-16-10-17(14-19)12-18(11-16)15-19/h16-18H,2-15H2,1H3. The van der Waals surface area contributed by atoms with E-state index in [0.29, 0.717) is 5.54 Å². The first-order chi connectivity index (χ1) is 10.3. The van der Waals surface area contributed by atoms with Crippen LogP contribution in [0, 0.1) is 17.8 Å². The largest absolute Gasteiger partial charge is 0.301 e. The summed E-state index contributed by atoms with van der Waals surface area (Å²) < 4.78 is 0. The lowest BCUT2D eigenvalue weighted by atomic mass is 9.52. The second-order valence-corrected chi connectivity index (χ2v) is 8.68. The molecule has 0 aromatic heterocycles. The molecule has 120 valence electrons. The number of unbranched alkanes of at least 4 members (excludes halogenated alkanes) is 2. The van der Waals surface area contributed by atoms with Crippen molar-refractivity contribution in [2.45, 2.75) is 70.3 Å². The van der Waals surface area contributed by atoms with Crippen molar-refractivity contribution in [2.75, 3.05) is 32.7 Å². The Labute approximate surface area is 131 Å². The smallest absolute Gasteiger partial charge is 0.0218 e. The summed E-state index contributed by atoms with van der Waals surface area (Å²) in [5.74, 6) is 3.29. The molecule has 0 unspecified atom stereocenters. The van der Waals surface area contributed by atoms with Gasteiger partial charge in [0.2, 0.25) is 0 Å². The molecule has 0 atom stereocenters.